The van der Waals surface area contributed by atoms with Crippen molar-refractivity contribution in [3.63, 3.8) is 0 Å². The van der Waals surface area contributed by atoms with Gasteiger partial charge in [0.25, 0.3) is 0 Å². The number of nitrogens with one attached hydrogen (secondary N) is 1. The minimum absolute atomic E-state index is 0.00380. The Bertz CT molecular complexity index is 656. The van der Waals surface area contributed by atoms with Crippen molar-refractivity contribution in [2.45, 2.75) is 12.8 Å². The third-order valence-electron chi connectivity index (χ3n) is 3.55. The van der Waals surface area contributed by atoms with E-state index in [2.05, 4.69) is 10.3 Å². The number of rotatable bonds is 7. The van der Waals surface area contributed by atoms with Crippen molar-refractivity contribution < 1.29 is 9.66 Å². The Morgan fingerprint density at radius 3 is 2.95 bits per heavy atom. The first kappa shape index (κ1) is 13.8. The van der Waals surface area contributed by atoms with Crippen molar-refractivity contribution in [2.75, 3.05) is 25.1 Å². The molecule has 1 heterocycles. The fourth-order valence-electron chi connectivity index (χ4n) is 2.24. The minimum Gasteiger partial charge on any atom is -0.379 e. The van der Waals surface area contributed by atoms with Gasteiger partial charge in [0.2, 0.25) is 0 Å². The van der Waals surface area contributed by atoms with Gasteiger partial charge < -0.3 is 10.1 Å². The highest BCUT2D eigenvalue weighted by molar-refractivity contribution is 5.95. The minimum atomic E-state index is -0.410. The van der Waals surface area contributed by atoms with Gasteiger partial charge in [0.15, 0.2) is 0 Å². The molecule has 21 heavy (non-hydrogen) atoms. The molecule has 2 aromatic rings. The highest BCUT2D eigenvalue weighted by atomic mass is 16.6. The number of ether oxygens (including phenoxy) is 1. The van der Waals surface area contributed by atoms with E-state index in [1.165, 1.54) is 19.0 Å². The molecule has 3 rings (SSSR count). The summed E-state index contributed by atoms with van der Waals surface area (Å²) in [5, 5.41) is 15.0. The SMILES string of the molecule is O=[N+]([O-])c1cnc2ccccc2c1NCCOCC1CC1. The Hall–Kier alpha value is -2.21. The number of para-hydroxylation sites is 1. The number of nitro groups is 1. The molecule has 6 heteroatoms. The third kappa shape index (κ3) is 3.28. The molecule has 110 valence electrons. The first-order valence-electron chi connectivity index (χ1n) is 7.09. The molecule has 0 unspecified atom stereocenters. The summed E-state index contributed by atoms with van der Waals surface area (Å²) in [6.07, 6.45) is 3.82. The summed E-state index contributed by atoms with van der Waals surface area (Å²) in [5.41, 5.74) is 1.25. The standard InChI is InChI=1S/C15H17N3O3/c19-18(20)14-9-17-13-4-2-1-3-12(13)15(14)16-7-8-21-10-11-5-6-11/h1-4,9,11H,5-8,10H2,(H,16,17). The molecule has 0 radical (unpaired) electrons. The normalized spacial score (nSPS) is 14.3. The lowest BCUT2D eigenvalue weighted by Gasteiger charge is -2.10. The second-order valence-electron chi connectivity index (χ2n) is 5.24. The molecule has 1 saturated carbocycles. The Labute approximate surface area is 122 Å². The predicted octanol–water partition coefficient (Wildman–Crippen LogP) is 2.98. The van der Waals surface area contributed by atoms with Crippen LogP contribution in [0.2, 0.25) is 0 Å². The first-order valence-corrected chi connectivity index (χ1v) is 7.09. The third-order valence-corrected chi connectivity index (χ3v) is 3.55. The van der Waals surface area contributed by atoms with Crippen molar-refractivity contribution in [3.8, 4) is 0 Å². The van der Waals surface area contributed by atoms with E-state index in [0.29, 0.717) is 18.8 Å². The van der Waals surface area contributed by atoms with E-state index in [9.17, 15) is 10.1 Å². The number of hydrogen-bond acceptors (Lipinski definition) is 5. The monoisotopic (exact) mass is 287 g/mol. The molecule has 0 atom stereocenters. The van der Waals surface area contributed by atoms with E-state index >= 15 is 0 Å². The summed E-state index contributed by atoms with van der Waals surface area (Å²) in [5.74, 6) is 0.723. The molecular formula is C15H17N3O3. The van der Waals surface area contributed by atoms with Crippen molar-refractivity contribution in [2.24, 2.45) is 5.92 Å². The fourth-order valence-corrected chi connectivity index (χ4v) is 2.24. The van der Waals surface area contributed by atoms with E-state index in [1.54, 1.807) is 0 Å². The molecule has 1 N–H and O–H groups in total. The number of nitrogens with zero attached hydrogens (tertiary/aromatic N) is 2. The lowest BCUT2D eigenvalue weighted by Crippen LogP contribution is -2.12. The second-order valence-corrected chi connectivity index (χ2v) is 5.24. The fraction of sp³-hybridized carbons (Fsp3) is 0.400. The smallest absolute Gasteiger partial charge is 0.311 e. The zero-order chi connectivity index (χ0) is 14.7. The van der Waals surface area contributed by atoms with E-state index < -0.39 is 4.92 Å². The van der Waals surface area contributed by atoms with Crippen LogP contribution in [0.3, 0.4) is 0 Å². The number of pyridine rings is 1. The molecule has 1 aromatic carbocycles. The van der Waals surface area contributed by atoms with Crippen LogP contribution in [0.1, 0.15) is 12.8 Å². The largest absolute Gasteiger partial charge is 0.379 e. The van der Waals surface area contributed by atoms with Crippen LogP contribution in [0.25, 0.3) is 10.9 Å². The zero-order valence-electron chi connectivity index (χ0n) is 11.6. The van der Waals surface area contributed by atoms with Crippen LogP contribution < -0.4 is 5.32 Å². The first-order chi connectivity index (χ1) is 10.3. The van der Waals surface area contributed by atoms with Gasteiger partial charge in [0.1, 0.15) is 11.9 Å². The van der Waals surface area contributed by atoms with E-state index in [1.807, 2.05) is 24.3 Å². The van der Waals surface area contributed by atoms with Gasteiger partial charge in [-0.3, -0.25) is 10.1 Å². The highest BCUT2D eigenvalue weighted by Crippen LogP contribution is 2.31. The van der Waals surface area contributed by atoms with Gasteiger partial charge in [-0.15, -0.1) is 0 Å². The summed E-state index contributed by atoms with van der Waals surface area (Å²) in [7, 11) is 0. The molecule has 6 nitrogen and oxygen atoms in total. The lowest BCUT2D eigenvalue weighted by atomic mass is 10.1. The van der Waals surface area contributed by atoms with E-state index in [0.717, 1.165) is 23.4 Å². The van der Waals surface area contributed by atoms with Crippen LogP contribution in [0.15, 0.2) is 30.5 Å². The van der Waals surface area contributed by atoms with Crippen molar-refractivity contribution in [3.05, 3.63) is 40.6 Å². The van der Waals surface area contributed by atoms with Gasteiger partial charge >= 0.3 is 5.69 Å². The van der Waals surface area contributed by atoms with Gasteiger partial charge in [0, 0.05) is 18.5 Å². The Morgan fingerprint density at radius 1 is 1.38 bits per heavy atom. The van der Waals surface area contributed by atoms with Gasteiger partial charge in [-0.25, -0.2) is 4.98 Å². The van der Waals surface area contributed by atoms with Gasteiger partial charge in [-0.2, -0.15) is 0 Å². The number of benzene rings is 1. The maximum Gasteiger partial charge on any atom is 0.311 e. The Balaban J connectivity index is 1.73. The Kier molecular flexibility index (Phi) is 3.96. The summed E-state index contributed by atoms with van der Waals surface area (Å²) >= 11 is 0. The zero-order valence-corrected chi connectivity index (χ0v) is 11.6. The molecular weight excluding hydrogens is 270 g/mol. The van der Waals surface area contributed by atoms with Crippen LogP contribution in [-0.4, -0.2) is 29.7 Å². The van der Waals surface area contributed by atoms with Crippen molar-refractivity contribution in [1.82, 2.24) is 4.98 Å². The highest BCUT2D eigenvalue weighted by Gasteiger charge is 2.21. The topological polar surface area (TPSA) is 77.3 Å². The van der Waals surface area contributed by atoms with Crippen LogP contribution in [0, 0.1) is 16.0 Å². The predicted molar refractivity (Wildman–Crippen MR) is 80.4 cm³/mol. The van der Waals surface area contributed by atoms with Crippen molar-refractivity contribution >= 4 is 22.3 Å². The van der Waals surface area contributed by atoms with Crippen LogP contribution >= 0.6 is 0 Å². The summed E-state index contributed by atoms with van der Waals surface area (Å²) in [4.78, 5) is 14.9. The molecule has 1 aromatic heterocycles. The van der Waals surface area contributed by atoms with E-state index in [-0.39, 0.29) is 5.69 Å². The summed E-state index contributed by atoms with van der Waals surface area (Å²) < 4.78 is 5.54. The Morgan fingerprint density at radius 2 is 2.19 bits per heavy atom. The van der Waals surface area contributed by atoms with Crippen LogP contribution in [0.4, 0.5) is 11.4 Å². The molecule has 0 aliphatic heterocycles. The number of hydrogen-bond donors (Lipinski definition) is 1. The molecule has 0 bridgehead atoms. The molecule has 1 aliphatic rings. The molecule has 0 spiro atoms. The molecule has 0 amide bonds. The van der Waals surface area contributed by atoms with E-state index in [4.69, 9.17) is 4.74 Å². The maximum atomic E-state index is 11.1. The quantitative estimate of drug-likeness (QED) is 0.481. The van der Waals surface area contributed by atoms with Crippen molar-refractivity contribution in [1.29, 1.82) is 0 Å². The van der Waals surface area contributed by atoms with Gasteiger partial charge in [0.05, 0.1) is 17.0 Å². The number of anilines is 1. The second kappa shape index (κ2) is 6.05. The lowest BCUT2D eigenvalue weighted by molar-refractivity contribution is -0.384. The average Bonchev–Trinajstić information content (AvgIpc) is 3.30. The average molecular weight is 287 g/mol. The summed E-state index contributed by atoms with van der Waals surface area (Å²) in [6, 6.07) is 7.39. The molecule has 1 fully saturated rings. The van der Waals surface area contributed by atoms with Gasteiger partial charge in [-0.05, 0) is 24.8 Å². The van der Waals surface area contributed by atoms with Crippen LogP contribution in [0.5, 0.6) is 0 Å². The number of aromatic nitrogens is 1. The molecule has 1 aliphatic carbocycles. The molecule has 0 saturated heterocycles. The number of fused-ring (bicyclic) bond motifs is 1. The summed E-state index contributed by atoms with van der Waals surface area (Å²) in [6.45, 7) is 1.88. The van der Waals surface area contributed by atoms with Crippen LogP contribution in [-0.2, 0) is 4.74 Å². The van der Waals surface area contributed by atoms with Gasteiger partial charge in [-0.1, -0.05) is 18.2 Å². The maximum absolute atomic E-state index is 11.1.